The van der Waals surface area contributed by atoms with E-state index in [1.807, 2.05) is 0 Å². The number of amides is 1. The molecule has 2 aromatic rings. The molecule has 1 amide bonds. The highest BCUT2D eigenvalue weighted by molar-refractivity contribution is 6.08. The molecule has 3 rings (SSSR count). The van der Waals surface area contributed by atoms with E-state index in [4.69, 9.17) is 5.73 Å². The van der Waals surface area contributed by atoms with Gasteiger partial charge in [0, 0.05) is 7.05 Å². The number of aliphatic imine (C=N–C) groups is 1. The Morgan fingerprint density at radius 2 is 1.71 bits per heavy atom. The lowest BCUT2D eigenvalue weighted by Gasteiger charge is -2.27. The van der Waals surface area contributed by atoms with Crippen molar-refractivity contribution in [1.29, 1.82) is 0 Å². The third-order valence-corrected chi connectivity index (χ3v) is 4.45. The number of alkyl halides is 2. The van der Waals surface area contributed by atoms with Crippen LogP contribution in [0.4, 0.5) is 22.0 Å². The molecule has 0 saturated heterocycles. The number of carbonyl (C=O) groups excluding carboxylic acids is 1. The molecule has 0 aromatic heterocycles. The quantitative estimate of drug-likeness (QED) is 0.635. The lowest BCUT2D eigenvalue weighted by Crippen LogP contribution is -2.41. The topological polar surface area (TPSA) is 67.9 Å². The Morgan fingerprint density at radius 3 is 2.18 bits per heavy atom. The number of hydrogen-bond donors (Lipinski definition) is 1. The van der Waals surface area contributed by atoms with Crippen molar-refractivity contribution in [3.8, 4) is 5.75 Å². The van der Waals surface area contributed by atoms with Crippen LogP contribution in [0.1, 0.15) is 16.7 Å². The van der Waals surface area contributed by atoms with Gasteiger partial charge < -0.3 is 10.5 Å². The van der Waals surface area contributed by atoms with Gasteiger partial charge in [0.2, 0.25) is 0 Å². The molecule has 0 bridgehead atoms. The molecular weight excluding hydrogens is 385 g/mol. The SMILES string of the molecule is Cc1cc(C2(c3cc(F)c(F)c(F)c3)N=C(N)N(C)C2=O)ccc1OC(F)F. The van der Waals surface area contributed by atoms with Crippen LogP contribution in [0.15, 0.2) is 35.3 Å². The molecule has 0 spiro atoms. The van der Waals surface area contributed by atoms with E-state index in [1.54, 1.807) is 0 Å². The van der Waals surface area contributed by atoms with Crippen LogP contribution < -0.4 is 10.5 Å². The Bertz CT molecular complexity index is 972. The second kappa shape index (κ2) is 6.77. The van der Waals surface area contributed by atoms with Crippen LogP contribution in [0.2, 0.25) is 0 Å². The molecule has 1 heterocycles. The number of likely N-dealkylation sites (N-methyl/N-ethyl adjacent to an activating group) is 1. The number of hydrogen-bond acceptors (Lipinski definition) is 4. The molecule has 1 aliphatic heterocycles. The van der Waals surface area contributed by atoms with Gasteiger partial charge in [0.15, 0.2) is 29.0 Å². The maximum absolute atomic E-state index is 13.9. The maximum atomic E-state index is 13.9. The van der Waals surface area contributed by atoms with Crippen LogP contribution in [0, 0.1) is 24.4 Å². The minimum atomic E-state index is -3.06. The smallest absolute Gasteiger partial charge is 0.387 e. The number of guanidine groups is 1. The summed E-state index contributed by atoms with van der Waals surface area (Å²) in [6.45, 7) is -1.62. The Kier molecular flexibility index (Phi) is 4.74. The van der Waals surface area contributed by atoms with Crippen molar-refractivity contribution in [1.82, 2.24) is 4.90 Å². The van der Waals surface area contributed by atoms with Crippen LogP contribution in [-0.2, 0) is 10.3 Å². The van der Waals surface area contributed by atoms with Crippen LogP contribution in [-0.4, -0.2) is 30.4 Å². The van der Waals surface area contributed by atoms with Crippen molar-refractivity contribution < 1.29 is 31.5 Å². The second-order valence-corrected chi connectivity index (χ2v) is 6.16. The van der Waals surface area contributed by atoms with Gasteiger partial charge in [0.25, 0.3) is 5.91 Å². The van der Waals surface area contributed by atoms with Gasteiger partial charge in [-0.05, 0) is 47.9 Å². The van der Waals surface area contributed by atoms with Crippen LogP contribution >= 0.6 is 0 Å². The molecule has 1 aliphatic rings. The first kappa shape index (κ1) is 19.6. The minimum Gasteiger partial charge on any atom is -0.435 e. The molecule has 148 valence electrons. The predicted octanol–water partition coefficient (Wildman–Crippen LogP) is 3.04. The molecular formula is C18H14F5N3O2. The number of aryl methyl sites for hydroxylation is 1. The summed E-state index contributed by atoms with van der Waals surface area (Å²) in [7, 11) is 1.31. The molecule has 5 nitrogen and oxygen atoms in total. The van der Waals surface area contributed by atoms with Crippen molar-refractivity contribution in [3.05, 3.63) is 64.5 Å². The number of halogens is 5. The highest BCUT2D eigenvalue weighted by atomic mass is 19.3. The predicted molar refractivity (Wildman–Crippen MR) is 89.3 cm³/mol. The molecule has 28 heavy (non-hydrogen) atoms. The summed E-state index contributed by atoms with van der Waals surface area (Å²) < 4.78 is 70.5. The molecule has 0 aliphatic carbocycles. The van der Waals surface area contributed by atoms with Gasteiger partial charge in [-0.25, -0.2) is 18.2 Å². The Hall–Kier alpha value is -3.17. The Labute approximate surface area is 156 Å². The van der Waals surface area contributed by atoms with Gasteiger partial charge in [0.1, 0.15) is 5.75 Å². The summed E-state index contributed by atoms with van der Waals surface area (Å²) in [6.07, 6.45) is 0. The van der Waals surface area contributed by atoms with Gasteiger partial charge >= 0.3 is 6.61 Å². The monoisotopic (exact) mass is 399 g/mol. The van der Waals surface area contributed by atoms with E-state index >= 15 is 0 Å². The zero-order valence-corrected chi connectivity index (χ0v) is 14.6. The lowest BCUT2D eigenvalue weighted by atomic mass is 9.82. The van der Waals surface area contributed by atoms with E-state index in [2.05, 4.69) is 9.73 Å². The maximum Gasteiger partial charge on any atom is 0.387 e. The fraction of sp³-hybridized carbons (Fsp3) is 0.222. The molecule has 0 fully saturated rings. The Morgan fingerprint density at radius 1 is 1.11 bits per heavy atom. The first-order valence-corrected chi connectivity index (χ1v) is 7.92. The van der Waals surface area contributed by atoms with E-state index < -0.39 is 35.5 Å². The van der Waals surface area contributed by atoms with Crippen molar-refractivity contribution in [2.75, 3.05) is 7.05 Å². The largest absolute Gasteiger partial charge is 0.435 e. The summed E-state index contributed by atoms with van der Waals surface area (Å²) in [5.41, 5.74) is 3.73. The van der Waals surface area contributed by atoms with Crippen molar-refractivity contribution in [2.45, 2.75) is 19.1 Å². The third-order valence-electron chi connectivity index (χ3n) is 4.45. The van der Waals surface area contributed by atoms with E-state index in [0.717, 1.165) is 4.90 Å². The summed E-state index contributed by atoms with van der Waals surface area (Å²) in [4.78, 5) is 18.0. The number of rotatable bonds is 4. The highest BCUT2D eigenvalue weighted by Gasteiger charge is 2.50. The second-order valence-electron chi connectivity index (χ2n) is 6.16. The van der Waals surface area contributed by atoms with E-state index in [0.29, 0.717) is 12.1 Å². The van der Waals surface area contributed by atoms with Crippen LogP contribution in [0.25, 0.3) is 0 Å². The Balaban J connectivity index is 2.26. The van der Waals surface area contributed by atoms with Crippen LogP contribution in [0.5, 0.6) is 5.75 Å². The molecule has 0 saturated carbocycles. The van der Waals surface area contributed by atoms with E-state index in [1.165, 1.54) is 32.2 Å². The average molecular weight is 399 g/mol. The van der Waals surface area contributed by atoms with Crippen LogP contribution in [0.3, 0.4) is 0 Å². The molecule has 1 unspecified atom stereocenters. The first-order chi connectivity index (χ1) is 13.1. The fourth-order valence-electron chi connectivity index (χ4n) is 3.05. The standard InChI is InChI=1S/C18H14F5N3O2/c1-8-5-9(3-4-13(8)28-16(22)23)18(15(27)26(2)17(24)25-18)10-6-11(19)14(21)12(20)7-10/h3-7,16H,1-2H3,(H2,24,25). The zero-order chi connectivity index (χ0) is 20.8. The summed E-state index contributed by atoms with van der Waals surface area (Å²) in [6, 6.07) is 5.02. The number of nitrogens with zero attached hydrogens (tertiary/aromatic N) is 2. The van der Waals surface area contributed by atoms with Crippen molar-refractivity contribution >= 4 is 11.9 Å². The molecule has 2 N–H and O–H groups in total. The summed E-state index contributed by atoms with van der Waals surface area (Å²) >= 11 is 0. The van der Waals surface area contributed by atoms with Crippen molar-refractivity contribution in [2.24, 2.45) is 10.7 Å². The lowest BCUT2D eigenvalue weighted by molar-refractivity contribution is -0.129. The molecule has 0 radical (unpaired) electrons. The summed E-state index contributed by atoms with van der Waals surface area (Å²) in [5.74, 6) is -5.87. The van der Waals surface area contributed by atoms with Gasteiger partial charge in [-0.15, -0.1) is 0 Å². The van der Waals surface area contributed by atoms with Crippen molar-refractivity contribution in [3.63, 3.8) is 0 Å². The van der Waals surface area contributed by atoms with E-state index in [-0.39, 0.29) is 28.4 Å². The number of nitrogens with two attached hydrogens (primary N) is 1. The normalized spacial score (nSPS) is 19.4. The summed E-state index contributed by atoms with van der Waals surface area (Å²) in [5, 5.41) is 0. The van der Waals surface area contributed by atoms with Gasteiger partial charge in [-0.3, -0.25) is 9.69 Å². The third kappa shape index (κ3) is 2.94. The highest BCUT2D eigenvalue weighted by Crippen LogP contribution is 2.41. The average Bonchev–Trinajstić information content (AvgIpc) is 2.85. The van der Waals surface area contributed by atoms with Gasteiger partial charge in [-0.2, -0.15) is 8.78 Å². The zero-order valence-electron chi connectivity index (χ0n) is 14.6. The number of carbonyl (C=O) groups is 1. The molecule has 1 atom stereocenters. The minimum absolute atomic E-state index is 0.0920. The molecule has 10 heteroatoms. The number of ether oxygens (including phenoxy) is 1. The number of benzene rings is 2. The van der Waals surface area contributed by atoms with Gasteiger partial charge in [0.05, 0.1) is 0 Å². The van der Waals surface area contributed by atoms with E-state index in [9.17, 15) is 26.7 Å². The first-order valence-electron chi connectivity index (χ1n) is 7.92. The van der Waals surface area contributed by atoms with Gasteiger partial charge in [-0.1, -0.05) is 6.07 Å². The molecule has 2 aromatic carbocycles. The fourth-order valence-corrected chi connectivity index (χ4v) is 3.05.